The third-order valence-electron chi connectivity index (χ3n) is 3.27. The largest absolute Gasteiger partial charge is 0.399 e. The van der Waals surface area contributed by atoms with Gasteiger partial charge in [-0.25, -0.2) is 4.98 Å². The first kappa shape index (κ1) is 15.6. The van der Waals surface area contributed by atoms with E-state index in [0.29, 0.717) is 30.0 Å². The van der Waals surface area contributed by atoms with Crippen molar-refractivity contribution in [3.63, 3.8) is 0 Å². The number of alkyl halides is 3. The summed E-state index contributed by atoms with van der Waals surface area (Å²) in [5.74, 6) is 0.447. The summed E-state index contributed by atoms with van der Waals surface area (Å²) in [6, 6.07) is 5.17. The summed E-state index contributed by atoms with van der Waals surface area (Å²) in [5, 5.41) is 9.77. The Bertz CT molecular complexity index is 620. The molecular weight excluding hydrogens is 283 g/mol. The van der Waals surface area contributed by atoms with Crippen LogP contribution in [0.3, 0.4) is 0 Å². The van der Waals surface area contributed by atoms with Crippen molar-refractivity contribution in [2.75, 3.05) is 5.73 Å². The molecule has 1 aromatic heterocycles. The van der Waals surface area contributed by atoms with Crippen LogP contribution >= 0.6 is 0 Å². The first-order valence-corrected chi connectivity index (χ1v) is 6.78. The highest BCUT2D eigenvalue weighted by Crippen LogP contribution is 2.25. The van der Waals surface area contributed by atoms with Gasteiger partial charge in [0.25, 0.3) is 0 Å². The maximum absolute atomic E-state index is 12.2. The number of nitrogens with two attached hydrogens (primary N) is 1. The number of fused-ring (bicyclic) bond motifs is 1. The molecule has 1 aromatic carbocycles. The molecule has 4 nitrogen and oxygen atoms in total. The Hall–Kier alpha value is -1.76. The molecular formula is C14H18F3N3O. The average molecular weight is 301 g/mol. The van der Waals surface area contributed by atoms with E-state index >= 15 is 0 Å². The Kier molecular flexibility index (Phi) is 4.41. The van der Waals surface area contributed by atoms with Gasteiger partial charge in [0.15, 0.2) is 0 Å². The SMILES string of the molecule is CC(O)c1nc2cc(N)ccc2n1CCCCC(F)(F)F. The number of nitrogens with zero attached hydrogens (tertiary/aromatic N) is 2. The lowest BCUT2D eigenvalue weighted by atomic mass is 10.2. The third-order valence-corrected chi connectivity index (χ3v) is 3.27. The molecule has 21 heavy (non-hydrogen) atoms. The summed E-state index contributed by atoms with van der Waals surface area (Å²) in [4.78, 5) is 4.31. The van der Waals surface area contributed by atoms with Gasteiger partial charge in [0, 0.05) is 18.7 Å². The Labute approximate surface area is 120 Å². The number of imidazole rings is 1. The minimum Gasteiger partial charge on any atom is -0.399 e. The number of benzene rings is 1. The standard InChI is InChI=1S/C14H18F3N3O/c1-9(21)13-19-11-8-10(18)4-5-12(11)20(13)7-3-2-6-14(15,16)17/h4-5,8-9,21H,2-3,6-7,18H2,1H3. The molecule has 0 saturated carbocycles. The second-order valence-electron chi connectivity index (χ2n) is 5.12. The van der Waals surface area contributed by atoms with Gasteiger partial charge in [-0.15, -0.1) is 0 Å². The molecule has 0 aliphatic rings. The molecule has 0 aliphatic heterocycles. The fourth-order valence-electron chi connectivity index (χ4n) is 2.31. The van der Waals surface area contributed by atoms with Crippen molar-refractivity contribution in [2.24, 2.45) is 0 Å². The van der Waals surface area contributed by atoms with Crippen LogP contribution in [0.5, 0.6) is 0 Å². The predicted molar refractivity (Wildman–Crippen MR) is 74.7 cm³/mol. The van der Waals surface area contributed by atoms with Crippen LogP contribution in [0.1, 0.15) is 38.1 Å². The Morgan fingerprint density at radius 2 is 2.05 bits per heavy atom. The number of aliphatic hydroxyl groups excluding tert-OH is 1. The topological polar surface area (TPSA) is 64.1 Å². The van der Waals surface area contributed by atoms with Crippen LogP contribution in [0, 0.1) is 0 Å². The lowest BCUT2D eigenvalue weighted by Crippen LogP contribution is -2.10. The Morgan fingerprint density at radius 1 is 1.33 bits per heavy atom. The van der Waals surface area contributed by atoms with Gasteiger partial charge in [0.2, 0.25) is 0 Å². The summed E-state index contributed by atoms with van der Waals surface area (Å²) in [5.41, 5.74) is 7.66. The highest BCUT2D eigenvalue weighted by molar-refractivity contribution is 5.79. The molecule has 0 radical (unpaired) electrons. The molecule has 0 bridgehead atoms. The third kappa shape index (κ3) is 3.87. The highest BCUT2D eigenvalue weighted by atomic mass is 19.4. The smallest absolute Gasteiger partial charge is 0.389 e. The van der Waals surface area contributed by atoms with E-state index in [9.17, 15) is 18.3 Å². The Balaban J connectivity index is 2.19. The molecule has 1 atom stereocenters. The molecule has 2 aromatic rings. The zero-order valence-corrected chi connectivity index (χ0v) is 11.7. The second-order valence-corrected chi connectivity index (χ2v) is 5.12. The number of aryl methyl sites for hydroxylation is 1. The Morgan fingerprint density at radius 3 is 2.67 bits per heavy atom. The van der Waals surface area contributed by atoms with Crippen molar-refractivity contribution in [1.29, 1.82) is 0 Å². The van der Waals surface area contributed by atoms with E-state index in [1.165, 1.54) is 0 Å². The molecule has 0 aliphatic carbocycles. The van der Waals surface area contributed by atoms with Crippen molar-refractivity contribution in [3.8, 4) is 0 Å². The van der Waals surface area contributed by atoms with Crippen LogP contribution in [-0.4, -0.2) is 20.8 Å². The zero-order chi connectivity index (χ0) is 15.6. The summed E-state index contributed by atoms with van der Waals surface area (Å²) >= 11 is 0. The molecule has 116 valence electrons. The maximum atomic E-state index is 12.2. The predicted octanol–water partition coefficient (Wildman–Crippen LogP) is 3.40. The molecule has 0 saturated heterocycles. The van der Waals surface area contributed by atoms with Crippen LogP contribution < -0.4 is 5.73 Å². The number of nitrogen functional groups attached to an aromatic ring is 1. The summed E-state index contributed by atoms with van der Waals surface area (Å²) in [7, 11) is 0. The van der Waals surface area contributed by atoms with Crippen molar-refractivity contribution in [1.82, 2.24) is 9.55 Å². The molecule has 1 heterocycles. The van der Waals surface area contributed by atoms with Gasteiger partial charge in [0.05, 0.1) is 11.0 Å². The number of halogens is 3. The first-order valence-electron chi connectivity index (χ1n) is 6.78. The van der Waals surface area contributed by atoms with E-state index < -0.39 is 18.7 Å². The summed E-state index contributed by atoms with van der Waals surface area (Å²) in [6.45, 7) is 1.97. The number of hydrogen-bond acceptors (Lipinski definition) is 3. The molecule has 3 N–H and O–H groups in total. The fraction of sp³-hybridized carbons (Fsp3) is 0.500. The van der Waals surface area contributed by atoms with Crippen LogP contribution in [-0.2, 0) is 6.54 Å². The monoisotopic (exact) mass is 301 g/mol. The van der Waals surface area contributed by atoms with Crippen LogP contribution in [0.4, 0.5) is 18.9 Å². The minimum atomic E-state index is -4.13. The number of unbranched alkanes of at least 4 members (excludes halogenated alkanes) is 1. The van der Waals surface area contributed by atoms with E-state index in [0.717, 1.165) is 5.52 Å². The number of aromatic nitrogens is 2. The zero-order valence-electron chi connectivity index (χ0n) is 11.7. The van der Waals surface area contributed by atoms with E-state index in [1.807, 2.05) is 0 Å². The van der Waals surface area contributed by atoms with Gasteiger partial charge < -0.3 is 15.4 Å². The highest BCUT2D eigenvalue weighted by Gasteiger charge is 2.26. The van der Waals surface area contributed by atoms with Crippen molar-refractivity contribution < 1.29 is 18.3 Å². The number of aliphatic hydroxyl groups is 1. The summed E-state index contributed by atoms with van der Waals surface area (Å²) < 4.78 is 38.2. The van der Waals surface area contributed by atoms with E-state index in [2.05, 4.69) is 4.98 Å². The van der Waals surface area contributed by atoms with Gasteiger partial charge in [-0.1, -0.05) is 0 Å². The lowest BCUT2D eigenvalue weighted by molar-refractivity contribution is -0.135. The van der Waals surface area contributed by atoms with Gasteiger partial charge in [-0.3, -0.25) is 0 Å². The first-order chi connectivity index (χ1) is 9.78. The van der Waals surface area contributed by atoms with Gasteiger partial charge in [0.1, 0.15) is 11.9 Å². The second kappa shape index (κ2) is 5.93. The average Bonchev–Trinajstić information content (AvgIpc) is 2.71. The molecule has 2 rings (SSSR count). The molecule has 1 unspecified atom stereocenters. The van der Waals surface area contributed by atoms with E-state index in [4.69, 9.17) is 5.73 Å². The normalized spacial score (nSPS) is 13.8. The van der Waals surface area contributed by atoms with Crippen LogP contribution in [0.2, 0.25) is 0 Å². The van der Waals surface area contributed by atoms with Gasteiger partial charge in [-0.05, 0) is 38.0 Å². The lowest BCUT2D eigenvalue weighted by Gasteiger charge is -2.11. The van der Waals surface area contributed by atoms with Crippen LogP contribution in [0.15, 0.2) is 18.2 Å². The number of anilines is 1. The molecule has 0 fully saturated rings. The minimum absolute atomic E-state index is 0.0530. The molecule has 7 heteroatoms. The molecule has 0 amide bonds. The van der Waals surface area contributed by atoms with Crippen molar-refractivity contribution in [3.05, 3.63) is 24.0 Å². The van der Waals surface area contributed by atoms with Gasteiger partial charge >= 0.3 is 6.18 Å². The number of rotatable bonds is 5. The van der Waals surface area contributed by atoms with E-state index in [1.54, 1.807) is 29.7 Å². The fourth-order valence-corrected chi connectivity index (χ4v) is 2.31. The van der Waals surface area contributed by atoms with Gasteiger partial charge in [-0.2, -0.15) is 13.2 Å². The maximum Gasteiger partial charge on any atom is 0.389 e. The van der Waals surface area contributed by atoms with E-state index in [-0.39, 0.29) is 6.42 Å². The van der Waals surface area contributed by atoms with Crippen LogP contribution in [0.25, 0.3) is 11.0 Å². The van der Waals surface area contributed by atoms with Crippen molar-refractivity contribution in [2.45, 2.75) is 45.0 Å². The number of hydrogen-bond donors (Lipinski definition) is 2. The quantitative estimate of drug-likeness (QED) is 0.657. The van der Waals surface area contributed by atoms with Crippen molar-refractivity contribution >= 4 is 16.7 Å². The summed E-state index contributed by atoms with van der Waals surface area (Å²) in [6.07, 6.45) is -5.29. The molecule has 0 spiro atoms.